The molecule has 3 rings (SSSR count). The van der Waals surface area contributed by atoms with E-state index in [1.165, 1.54) is 36.9 Å². The molecule has 1 heterocycles. The van der Waals surface area contributed by atoms with Crippen molar-refractivity contribution in [3.63, 3.8) is 0 Å². The molecule has 2 unspecified atom stereocenters. The third-order valence-electron chi connectivity index (χ3n) is 4.45. The number of likely N-dealkylation sites (N-methyl/N-ethyl adjacent to an activating group) is 1. The Morgan fingerprint density at radius 1 is 1.39 bits per heavy atom. The summed E-state index contributed by atoms with van der Waals surface area (Å²) < 4.78 is 0. The van der Waals surface area contributed by atoms with Crippen LogP contribution in [0.25, 0.3) is 0 Å². The highest BCUT2D eigenvalue weighted by molar-refractivity contribution is 6.30. The molecule has 1 aliphatic carbocycles. The van der Waals surface area contributed by atoms with E-state index in [1.807, 2.05) is 6.07 Å². The van der Waals surface area contributed by atoms with Crippen LogP contribution in [0.3, 0.4) is 0 Å². The minimum absolute atomic E-state index is 0.534. The molecule has 3 heteroatoms. The molecule has 0 bridgehead atoms. The van der Waals surface area contributed by atoms with E-state index < -0.39 is 0 Å². The van der Waals surface area contributed by atoms with Crippen LogP contribution in [-0.2, 0) is 6.42 Å². The Balaban J connectivity index is 1.62. The van der Waals surface area contributed by atoms with E-state index >= 15 is 0 Å². The average molecular weight is 265 g/mol. The van der Waals surface area contributed by atoms with Gasteiger partial charge in [-0.1, -0.05) is 17.7 Å². The number of halogens is 1. The lowest BCUT2D eigenvalue weighted by atomic mass is 10.1. The Labute approximate surface area is 114 Å². The van der Waals surface area contributed by atoms with Gasteiger partial charge in [-0.25, -0.2) is 0 Å². The zero-order valence-electron chi connectivity index (χ0n) is 11.0. The fourth-order valence-corrected chi connectivity index (χ4v) is 3.51. The van der Waals surface area contributed by atoms with Crippen molar-refractivity contribution in [3.05, 3.63) is 34.3 Å². The predicted molar refractivity (Wildman–Crippen MR) is 76.2 cm³/mol. The Morgan fingerprint density at radius 3 is 3.06 bits per heavy atom. The summed E-state index contributed by atoms with van der Waals surface area (Å²) in [5, 5.41) is 4.61. The molecule has 1 N–H and O–H groups in total. The lowest BCUT2D eigenvalue weighted by molar-refractivity contribution is 0.291. The summed E-state index contributed by atoms with van der Waals surface area (Å²) >= 11 is 6.04. The molecule has 0 amide bonds. The van der Waals surface area contributed by atoms with Gasteiger partial charge in [-0.15, -0.1) is 0 Å². The second-order valence-electron chi connectivity index (χ2n) is 5.62. The highest BCUT2D eigenvalue weighted by Crippen LogP contribution is 2.33. The number of nitrogens with zero attached hydrogens (tertiary/aromatic N) is 1. The summed E-state index contributed by atoms with van der Waals surface area (Å²) in [7, 11) is 2.24. The van der Waals surface area contributed by atoms with Crippen molar-refractivity contribution in [1.82, 2.24) is 10.2 Å². The average Bonchev–Trinajstić information content (AvgIpc) is 2.93. The lowest BCUT2D eigenvalue weighted by Gasteiger charge is -2.22. The molecule has 98 valence electrons. The molecule has 2 aliphatic rings. The van der Waals surface area contributed by atoms with Crippen molar-refractivity contribution in [2.24, 2.45) is 0 Å². The molecule has 18 heavy (non-hydrogen) atoms. The van der Waals surface area contributed by atoms with Gasteiger partial charge in [0, 0.05) is 23.7 Å². The van der Waals surface area contributed by atoms with Gasteiger partial charge in [0.25, 0.3) is 0 Å². The summed E-state index contributed by atoms with van der Waals surface area (Å²) in [6, 6.07) is 7.59. The summed E-state index contributed by atoms with van der Waals surface area (Å²) in [6.07, 6.45) is 5.06. The first-order chi connectivity index (χ1) is 8.74. The van der Waals surface area contributed by atoms with Crippen molar-refractivity contribution in [1.29, 1.82) is 0 Å². The molecule has 2 atom stereocenters. The Kier molecular flexibility index (Phi) is 3.60. The molecule has 1 aromatic carbocycles. The Hall–Kier alpha value is -0.570. The van der Waals surface area contributed by atoms with Gasteiger partial charge in [0.05, 0.1) is 0 Å². The highest BCUT2D eigenvalue weighted by atomic mass is 35.5. The fourth-order valence-electron chi connectivity index (χ4n) is 3.31. The zero-order valence-corrected chi connectivity index (χ0v) is 11.7. The van der Waals surface area contributed by atoms with Crippen LogP contribution in [-0.4, -0.2) is 31.1 Å². The van der Waals surface area contributed by atoms with Gasteiger partial charge in [-0.3, -0.25) is 0 Å². The first kappa shape index (κ1) is 12.5. The van der Waals surface area contributed by atoms with Crippen molar-refractivity contribution < 1.29 is 0 Å². The Bertz CT molecular complexity index is 433. The molecule has 0 aromatic heterocycles. The highest BCUT2D eigenvalue weighted by Gasteiger charge is 2.25. The number of likely N-dealkylation sites (tertiary alicyclic amines) is 1. The SMILES string of the molecule is CN1CCCC1CNC1CCc2cc(Cl)ccc21. The van der Waals surface area contributed by atoms with E-state index in [4.69, 9.17) is 11.6 Å². The van der Waals surface area contributed by atoms with Crippen LogP contribution < -0.4 is 5.32 Å². The van der Waals surface area contributed by atoms with Crippen molar-refractivity contribution in [2.75, 3.05) is 20.1 Å². The van der Waals surface area contributed by atoms with Crippen LogP contribution in [0.2, 0.25) is 5.02 Å². The second-order valence-corrected chi connectivity index (χ2v) is 6.06. The van der Waals surface area contributed by atoms with Gasteiger partial charge >= 0.3 is 0 Å². The molecule has 1 aliphatic heterocycles. The van der Waals surface area contributed by atoms with Crippen LogP contribution in [0.1, 0.15) is 36.4 Å². The number of nitrogens with one attached hydrogen (secondary N) is 1. The largest absolute Gasteiger partial charge is 0.308 e. The van der Waals surface area contributed by atoms with Crippen LogP contribution in [0.5, 0.6) is 0 Å². The molecule has 1 aromatic rings. The molecular formula is C15H21ClN2. The zero-order chi connectivity index (χ0) is 12.5. The van der Waals surface area contributed by atoms with Crippen molar-refractivity contribution in [3.8, 4) is 0 Å². The van der Waals surface area contributed by atoms with Gasteiger partial charge in [-0.05, 0) is 62.5 Å². The maximum Gasteiger partial charge on any atom is 0.0408 e. The summed E-state index contributed by atoms with van der Waals surface area (Å²) in [5.41, 5.74) is 2.89. The number of fused-ring (bicyclic) bond motifs is 1. The van der Waals surface area contributed by atoms with E-state index in [0.717, 1.165) is 24.0 Å². The fraction of sp³-hybridized carbons (Fsp3) is 0.600. The monoisotopic (exact) mass is 264 g/mol. The smallest absolute Gasteiger partial charge is 0.0408 e. The maximum absolute atomic E-state index is 6.04. The molecular weight excluding hydrogens is 244 g/mol. The standard InChI is InChI=1S/C15H21ClN2/c1-18-8-2-3-13(18)10-17-15-7-4-11-9-12(16)5-6-14(11)15/h5-6,9,13,15,17H,2-4,7-8,10H2,1H3. The molecule has 0 saturated carbocycles. The quantitative estimate of drug-likeness (QED) is 0.903. The Morgan fingerprint density at radius 2 is 2.28 bits per heavy atom. The van der Waals surface area contributed by atoms with Gasteiger partial charge in [0.15, 0.2) is 0 Å². The lowest BCUT2D eigenvalue weighted by Crippen LogP contribution is -2.36. The van der Waals surface area contributed by atoms with Crippen LogP contribution in [0, 0.1) is 0 Å². The van der Waals surface area contributed by atoms with Crippen molar-refractivity contribution >= 4 is 11.6 Å². The second kappa shape index (κ2) is 5.20. The maximum atomic E-state index is 6.04. The first-order valence-corrected chi connectivity index (χ1v) is 7.34. The molecule has 2 nitrogen and oxygen atoms in total. The predicted octanol–water partition coefficient (Wildman–Crippen LogP) is 3.01. The van der Waals surface area contributed by atoms with E-state index in [9.17, 15) is 0 Å². The molecule has 0 spiro atoms. The number of hydrogen-bond donors (Lipinski definition) is 1. The third kappa shape index (κ3) is 2.42. The van der Waals surface area contributed by atoms with E-state index in [2.05, 4.69) is 29.4 Å². The first-order valence-electron chi connectivity index (χ1n) is 6.96. The van der Waals surface area contributed by atoms with Gasteiger partial charge in [0.1, 0.15) is 0 Å². The minimum atomic E-state index is 0.534. The van der Waals surface area contributed by atoms with Crippen LogP contribution in [0.15, 0.2) is 18.2 Å². The van der Waals surface area contributed by atoms with Gasteiger partial charge in [-0.2, -0.15) is 0 Å². The van der Waals surface area contributed by atoms with E-state index in [0.29, 0.717) is 6.04 Å². The van der Waals surface area contributed by atoms with Crippen LogP contribution in [0.4, 0.5) is 0 Å². The summed E-state index contributed by atoms with van der Waals surface area (Å²) in [4.78, 5) is 2.48. The van der Waals surface area contributed by atoms with E-state index in [-0.39, 0.29) is 0 Å². The van der Waals surface area contributed by atoms with E-state index in [1.54, 1.807) is 0 Å². The molecule has 1 saturated heterocycles. The normalized spacial score (nSPS) is 27.7. The number of rotatable bonds is 3. The number of aryl methyl sites for hydroxylation is 1. The topological polar surface area (TPSA) is 15.3 Å². The minimum Gasteiger partial charge on any atom is -0.308 e. The van der Waals surface area contributed by atoms with Gasteiger partial charge < -0.3 is 10.2 Å². The summed E-state index contributed by atoms with van der Waals surface area (Å²) in [5.74, 6) is 0. The summed E-state index contributed by atoms with van der Waals surface area (Å²) in [6.45, 7) is 2.37. The third-order valence-corrected chi connectivity index (χ3v) is 4.69. The van der Waals surface area contributed by atoms with Crippen molar-refractivity contribution in [2.45, 2.75) is 37.8 Å². The van der Waals surface area contributed by atoms with Gasteiger partial charge in [0.2, 0.25) is 0 Å². The molecule has 1 fully saturated rings. The molecule has 0 radical (unpaired) electrons. The van der Waals surface area contributed by atoms with Crippen LogP contribution >= 0.6 is 11.6 Å². The number of hydrogen-bond acceptors (Lipinski definition) is 2. The number of benzene rings is 1.